The highest BCUT2D eigenvalue weighted by molar-refractivity contribution is 5.94. The molecule has 1 aromatic carbocycles. The second-order valence-electron chi connectivity index (χ2n) is 3.80. The zero-order chi connectivity index (χ0) is 13.7. The van der Waals surface area contributed by atoms with Crippen LogP contribution < -0.4 is 5.32 Å². The van der Waals surface area contributed by atoms with Crippen molar-refractivity contribution in [2.75, 3.05) is 0 Å². The number of nitrogens with one attached hydrogen (secondary N) is 1. The SMILES string of the molecule is CCC(CC(=O)O)NC(=O)c1cc(F)ccc1F. The summed E-state index contributed by atoms with van der Waals surface area (Å²) >= 11 is 0. The van der Waals surface area contributed by atoms with Gasteiger partial charge in [0.25, 0.3) is 5.91 Å². The molecule has 98 valence electrons. The molecule has 0 aromatic heterocycles. The summed E-state index contributed by atoms with van der Waals surface area (Å²) in [6, 6.07) is 1.92. The maximum absolute atomic E-state index is 13.3. The molecule has 0 aliphatic heterocycles. The summed E-state index contributed by atoms with van der Waals surface area (Å²) in [7, 11) is 0. The van der Waals surface area contributed by atoms with Crippen molar-refractivity contribution in [2.45, 2.75) is 25.8 Å². The van der Waals surface area contributed by atoms with Crippen molar-refractivity contribution >= 4 is 11.9 Å². The van der Waals surface area contributed by atoms with Crippen molar-refractivity contribution in [3.8, 4) is 0 Å². The molecule has 0 bridgehead atoms. The van der Waals surface area contributed by atoms with E-state index < -0.39 is 35.1 Å². The lowest BCUT2D eigenvalue weighted by Crippen LogP contribution is -2.36. The van der Waals surface area contributed by atoms with Gasteiger partial charge < -0.3 is 10.4 Å². The van der Waals surface area contributed by atoms with Crippen LogP contribution in [0.15, 0.2) is 18.2 Å². The summed E-state index contributed by atoms with van der Waals surface area (Å²) in [5, 5.41) is 11.0. The molecular weight excluding hydrogens is 244 g/mol. The molecule has 1 atom stereocenters. The molecule has 1 amide bonds. The van der Waals surface area contributed by atoms with E-state index in [1.165, 1.54) is 0 Å². The third kappa shape index (κ3) is 3.80. The minimum absolute atomic E-state index is 0.265. The number of carbonyl (C=O) groups is 2. The van der Waals surface area contributed by atoms with Gasteiger partial charge in [0.2, 0.25) is 0 Å². The highest BCUT2D eigenvalue weighted by atomic mass is 19.1. The van der Waals surface area contributed by atoms with Gasteiger partial charge in [-0.25, -0.2) is 8.78 Å². The van der Waals surface area contributed by atoms with E-state index >= 15 is 0 Å². The monoisotopic (exact) mass is 257 g/mol. The van der Waals surface area contributed by atoms with Gasteiger partial charge in [0, 0.05) is 6.04 Å². The first-order valence-electron chi connectivity index (χ1n) is 5.41. The van der Waals surface area contributed by atoms with Crippen LogP contribution in [0.3, 0.4) is 0 Å². The van der Waals surface area contributed by atoms with Gasteiger partial charge in [-0.2, -0.15) is 0 Å². The van der Waals surface area contributed by atoms with E-state index in [0.717, 1.165) is 18.2 Å². The first kappa shape index (κ1) is 14.1. The van der Waals surface area contributed by atoms with Gasteiger partial charge in [0.1, 0.15) is 11.6 Å². The topological polar surface area (TPSA) is 66.4 Å². The van der Waals surface area contributed by atoms with E-state index in [9.17, 15) is 18.4 Å². The van der Waals surface area contributed by atoms with E-state index in [1.54, 1.807) is 6.92 Å². The molecule has 0 heterocycles. The number of hydrogen-bond acceptors (Lipinski definition) is 2. The Kier molecular flexibility index (Phi) is 4.76. The average Bonchev–Trinajstić information content (AvgIpc) is 2.30. The highest BCUT2D eigenvalue weighted by Crippen LogP contribution is 2.10. The van der Waals surface area contributed by atoms with Gasteiger partial charge in [0.15, 0.2) is 0 Å². The van der Waals surface area contributed by atoms with Gasteiger partial charge in [-0.05, 0) is 24.6 Å². The number of carbonyl (C=O) groups excluding carboxylic acids is 1. The molecule has 0 saturated heterocycles. The van der Waals surface area contributed by atoms with E-state index in [4.69, 9.17) is 5.11 Å². The average molecular weight is 257 g/mol. The molecule has 1 unspecified atom stereocenters. The molecule has 0 saturated carbocycles. The Balaban J connectivity index is 2.80. The van der Waals surface area contributed by atoms with Crippen molar-refractivity contribution in [1.29, 1.82) is 0 Å². The van der Waals surface area contributed by atoms with Crippen molar-refractivity contribution < 1.29 is 23.5 Å². The zero-order valence-corrected chi connectivity index (χ0v) is 9.74. The van der Waals surface area contributed by atoms with E-state index in [0.29, 0.717) is 6.42 Å². The fourth-order valence-electron chi connectivity index (χ4n) is 1.44. The van der Waals surface area contributed by atoms with Crippen molar-refractivity contribution in [3.63, 3.8) is 0 Å². The summed E-state index contributed by atoms with van der Waals surface area (Å²) in [4.78, 5) is 22.2. The predicted octanol–water partition coefficient (Wildman–Crippen LogP) is 1.95. The summed E-state index contributed by atoms with van der Waals surface area (Å²) in [5.74, 6) is -3.46. The molecule has 1 rings (SSSR count). The number of carboxylic acids is 1. The maximum Gasteiger partial charge on any atom is 0.305 e. The van der Waals surface area contributed by atoms with Crippen molar-refractivity contribution in [2.24, 2.45) is 0 Å². The smallest absolute Gasteiger partial charge is 0.305 e. The number of benzene rings is 1. The maximum atomic E-state index is 13.3. The summed E-state index contributed by atoms with van der Waals surface area (Å²) in [6.07, 6.45) is 0.119. The van der Waals surface area contributed by atoms with Gasteiger partial charge in [-0.1, -0.05) is 6.92 Å². The Morgan fingerprint density at radius 3 is 2.61 bits per heavy atom. The van der Waals surface area contributed by atoms with Crippen molar-refractivity contribution in [3.05, 3.63) is 35.4 Å². The molecule has 0 aliphatic carbocycles. The minimum atomic E-state index is -1.07. The molecular formula is C12H13F2NO3. The van der Waals surface area contributed by atoms with Crippen LogP contribution in [-0.2, 0) is 4.79 Å². The molecule has 1 aromatic rings. The molecule has 0 radical (unpaired) electrons. The van der Waals surface area contributed by atoms with Crippen LogP contribution in [0.1, 0.15) is 30.1 Å². The molecule has 0 aliphatic rings. The molecule has 4 nitrogen and oxygen atoms in total. The molecule has 18 heavy (non-hydrogen) atoms. The Bertz CT molecular complexity index is 463. The standard InChI is InChI=1S/C12H13F2NO3/c1-2-8(6-11(16)17)15-12(18)9-5-7(13)3-4-10(9)14/h3-5,8H,2,6H2,1H3,(H,15,18)(H,16,17). The number of halogens is 2. The van der Waals surface area contributed by atoms with E-state index in [2.05, 4.69) is 5.32 Å². The second-order valence-corrected chi connectivity index (χ2v) is 3.80. The molecule has 0 fully saturated rings. The second kappa shape index (κ2) is 6.09. The van der Waals surface area contributed by atoms with E-state index in [1.807, 2.05) is 0 Å². The molecule has 0 spiro atoms. The lowest BCUT2D eigenvalue weighted by Gasteiger charge is -2.15. The van der Waals surface area contributed by atoms with Gasteiger partial charge in [-0.15, -0.1) is 0 Å². The fourth-order valence-corrected chi connectivity index (χ4v) is 1.44. The third-order valence-electron chi connectivity index (χ3n) is 2.42. The van der Waals surface area contributed by atoms with Crippen LogP contribution in [-0.4, -0.2) is 23.0 Å². The Morgan fingerprint density at radius 2 is 2.06 bits per heavy atom. The van der Waals surface area contributed by atoms with Gasteiger partial charge in [0.05, 0.1) is 12.0 Å². The van der Waals surface area contributed by atoms with E-state index in [-0.39, 0.29) is 6.42 Å². The van der Waals surface area contributed by atoms with Crippen LogP contribution >= 0.6 is 0 Å². The lowest BCUT2D eigenvalue weighted by atomic mass is 10.1. The first-order valence-corrected chi connectivity index (χ1v) is 5.41. The summed E-state index contributed by atoms with van der Waals surface area (Å²) in [5.41, 5.74) is -0.432. The Labute approximate surface area is 103 Å². The summed E-state index contributed by atoms with van der Waals surface area (Å²) in [6.45, 7) is 1.69. The van der Waals surface area contributed by atoms with Crippen LogP contribution in [0.4, 0.5) is 8.78 Å². The number of rotatable bonds is 5. The minimum Gasteiger partial charge on any atom is -0.481 e. The first-order chi connectivity index (χ1) is 8.43. The van der Waals surface area contributed by atoms with Crippen LogP contribution in [0, 0.1) is 11.6 Å². The fraction of sp³-hybridized carbons (Fsp3) is 0.333. The number of amides is 1. The van der Waals surface area contributed by atoms with Gasteiger partial charge >= 0.3 is 5.97 Å². The quantitative estimate of drug-likeness (QED) is 0.847. The Morgan fingerprint density at radius 1 is 1.39 bits per heavy atom. The number of aliphatic carboxylic acids is 1. The Hall–Kier alpha value is -1.98. The predicted molar refractivity (Wildman–Crippen MR) is 60.2 cm³/mol. The molecule has 2 N–H and O–H groups in total. The van der Waals surface area contributed by atoms with Crippen LogP contribution in [0.25, 0.3) is 0 Å². The summed E-state index contributed by atoms with van der Waals surface area (Å²) < 4.78 is 26.2. The molecule has 6 heteroatoms. The van der Waals surface area contributed by atoms with Crippen molar-refractivity contribution in [1.82, 2.24) is 5.32 Å². The largest absolute Gasteiger partial charge is 0.481 e. The number of carboxylic acid groups (broad SMARTS) is 1. The van der Waals surface area contributed by atoms with Crippen LogP contribution in [0.5, 0.6) is 0 Å². The van der Waals surface area contributed by atoms with Gasteiger partial charge in [-0.3, -0.25) is 9.59 Å². The van der Waals surface area contributed by atoms with Crippen LogP contribution in [0.2, 0.25) is 0 Å². The third-order valence-corrected chi connectivity index (χ3v) is 2.42. The zero-order valence-electron chi connectivity index (χ0n) is 9.74. The number of hydrogen-bond donors (Lipinski definition) is 2. The lowest BCUT2D eigenvalue weighted by molar-refractivity contribution is -0.137. The highest BCUT2D eigenvalue weighted by Gasteiger charge is 2.18. The normalized spacial score (nSPS) is 11.9.